The molecule has 6 heteroatoms. The van der Waals surface area contributed by atoms with E-state index in [0.717, 1.165) is 31.2 Å². The highest BCUT2D eigenvalue weighted by Crippen LogP contribution is 2.33. The molecule has 0 atom stereocenters. The molecule has 0 saturated heterocycles. The predicted octanol–water partition coefficient (Wildman–Crippen LogP) is 4.93. The van der Waals surface area contributed by atoms with Crippen molar-refractivity contribution in [1.82, 2.24) is 5.43 Å². The summed E-state index contributed by atoms with van der Waals surface area (Å²) in [5.74, 6) is 1.24. The molecular formula is C23H23IN2O3. The third-order valence-electron chi connectivity index (χ3n) is 4.25. The van der Waals surface area contributed by atoms with Gasteiger partial charge < -0.3 is 9.47 Å². The minimum Gasteiger partial charge on any atom is -0.490 e. The standard InChI is InChI=1S/C23H23IN2O3/c1-3-28-21-13-16(12-20(24)23(21)29-4-2)15-25-26-22(27)14-18-10-7-9-17-8-5-6-11-19(17)18/h5-13,15H,3-4,14H2,1-2H3,(H,26,27)/b25-15-. The highest BCUT2D eigenvalue weighted by Gasteiger charge is 2.11. The molecule has 0 saturated carbocycles. The van der Waals surface area contributed by atoms with Crippen molar-refractivity contribution in [1.29, 1.82) is 0 Å². The second kappa shape index (κ2) is 10.2. The molecule has 3 aromatic carbocycles. The van der Waals surface area contributed by atoms with Crippen LogP contribution < -0.4 is 14.9 Å². The Labute approximate surface area is 184 Å². The number of nitrogens with one attached hydrogen (secondary N) is 1. The van der Waals surface area contributed by atoms with E-state index >= 15 is 0 Å². The maximum atomic E-state index is 12.4. The molecule has 0 aliphatic carbocycles. The van der Waals surface area contributed by atoms with Gasteiger partial charge in [-0.3, -0.25) is 4.79 Å². The van der Waals surface area contributed by atoms with Crippen LogP contribution in [0.3, 0.4) is 0 Å². The number of rotatable bonds is 8. The number of carbonyl (C=O) groups is 1. The normalized spacial score (nSPS) is 11.0. The van der Waals surface area contributed by atoms with Crippen molar-refractivity contribution >= 4 is 45.5 Å². The Hall–Kier alpha value is -2.61. The van der Waals surface area contributed by atoms with Crippen molar-refractivity contribution in [3.8, 4) is 11.5 Å². The average Bonchev–Trinajstić information content (AvgIpc) is 2.71. The van der Waals surface area contributed by atoms with Gasteiger partial charge in [0.2, 0.25) is 5.91 Å². The van der Waals surface area contributed by atoms with Crippen LogP contribution in [0.4, 0.5) is 0 Å². The van der Waals surface area contributed by atoms with Crippen LogP contribution in [-0.2, 0) is 11.2 Å². The lowest BCUT2D eigenvalue weighted by atomic mass is 10.0. The van der Waals surface area contributed by atoms with Crippen LogP contribution in [0, 0.1) is 3.57 Å². The van der Waals surface area contributed by atoms with E-state index in [2.05, 4.69) is 33.1 Å². The first-order valence-corrected chi connectivity index (χ1v) is 10.6. The number of hydrogen-bond donors (Lipinski definition) is 1. The number of carbonyl (C=O) groups excluding carboxylic acids is 1. The second-order valence-corrected chi connectivity index (χ2v) is 7.47. The van der Waals surface area contributed by atoms with Gasteiger partial charge in [-0.15, -0.1) is 0 Å². The Morgan fingerprint density at radius 1 is 1.07 bits per heavy atom. The summed E-state index contributed by atoms with van der Waals surface area (Å²) in [7, 11) is 0. The fourth-order valence-corrected chi connectivity index (χ4v) is 3.83. The quantitative estimate of drug-likeness (QED) is 0.270. The Morgan fingerprint density at radius 2 is 1.83 bits per heavy atom. The summed E-state index contributed by atoms with van der Waals surface area (Å²) >= 11 is 2.21. The van der Waals surface area contributed by atoms with Crippen LogP contribution in [0.15, 0.2) is 59.7 Å². The fraction of sp³-hybridized carbons (Fsp3) is 0.217. The molecule has 1 N–H and O–H groups in total. The topological polar surface area (TPSA) is 59.9 Å². The van der Waals surface area contributed by atoms with Gasteiger partial charge >= 0.3 is 0 Å². The van der Waals surface area contributed by atoms with E-state index < -0.39 is 0 Å². The van der Waals surface area contributed by atoms with E-state index in [1.807, 2.05) is 68.4 Å². The maximum Gasteiger partial charge on any atom is 0.244 e. The Bertz CT molecular complexity index is 1030. The summed E-state index contributed by atoms with van der Waals surface area (Å²) in [6, 6.07) is 17.8. The number of nitrogens with zero attached hydrogens (tertiary/aromatic N) is 1. The Morgan fingerprint density at radius 3 is 2.62 bits per heavy atom. The molecule has 0 unspecified atom stereocenters. The van der Waals surface area contributed by atoms with E-state index in [0.29, 0.717) is 19.0 Å². The Kier molecular flexibility index (Phi) is 7.46. The summed E-state index contributed by atoms with van der Waals surface area (Å²) in [6.07, 6.45) is 1.88. The van der Waals surface area contributed by atoms with Crippen molar-refractivity contribution in [3.63, 3.8) is 0 Å². The van der Waals surface area contributed by atoms with E-state index in [1.165, 1.54) is 0 Å². The van der Waals surface area contributed by atoms with Crippen molar-refractivity contribution in [3.05, 3.63) is 69.3 Å². The number of hydrogen-bond acceptors (Lipinski definition) is 4. The SMILES string of the molecule is CCOc1cc(/C=N\NC(=O)Cc2cccc3ccccc23)cc(I)c1OCC. The molecule has 3 aromatic rings. The van der Waals surface area contributed by atoms with E-state index in [1.54, 1.807) is 6.21 Å². The monoisotopic (exact) mass is 502 g/mol. The predicted molar refractivity (Wildman–Crippen MR) is 125 cm³/mol. The fourth-order valence-electron chi connectivity index (χ4n) is 3.05. The van der Waals surface area contributed by atoms with Crippen LogP contribution in [0.25, 0.3) is 10.8 Å². The molecule has 150 valence electrons. The number of benzene rings is 3. The molecule has 5 nitrogen and oxygen atoms in total. The summed E-state index contributed by atoms with van der Waals surface area (Å²) in [6.45, 7) is 4.97. The molecule has 29 heavy (non-hydrogen) atoms. The molecule has 0 fully saturated rings. The smallest absolute Gasteiger partial charge is 0.244 e. The van der Waals surface area contributed by atoms with Crippen molar-refractivity contribution < 1.29 is 14.3 Å². The maximum absolute atomic E-state index is 12.4. The first-order valence-electron chi connectivity index (χ1n) is 9.50. The molecule has 1 amide bonds. The van der Waals surface area contributed by atoms with Gasteiger partial charge in [-0.25, -0.2) is 5.43 Å². The zero-order valence-corrected chi connectivity index (χ0v) is 18.6. The molecule has 0 radical (unpaired) electrons. The molecule has 0 aliphatic rings. The number of amides is 1. The molecule has 0 spiro atoms. The zero-order chi connectivity index (χ0) is 20.6. The van der Waals surface area contributed by atoms with Gasteiger partial charge in [0, 0.05) is 0 Å². The Balaban J connectivity index is 1.69. The minimum atomic E-state index is -0.164. The lowest BCUT2D eigenvalue weighted by molar-refractivity contribution is -0.120. The van der Waals surface area contributed by atoms with Gasteiger partial charge in [-0.2, -0.15) is 5.10 Å². The van der Waals surface area contributed by atoms with Gasteiger partial charge in [0.1, 0.15) is 0 Å². The number of halogens is 1. The third-order valence-corrected chi connectivity index (χ3v) is 5.06. The summed E-state index contributed by atoms with van der Waals surface area (Å²) < 4.78 is 12.3. The first-order chi connectivity index (χ1) is 14.1. The minimum absolute atomic E-state index is 0.164. The molecular weight excluding hydrogens is 479 g/mol. The summed E-state index contributed by atoms with van der Waals surface area (Å²) in [4.78, 5) is 12.4. The highest BCUT2D eigenvalue weighted by molar-refractivity contribution is 14.1. The lowest BCUT2D eigenvalue weighted by Crippen LogP contribution is -2.19. The molecule has 0 aromatic heterocycles. The van der Waals surface area contributed by atoms with E-state index in [-0.39, 0.29) is 12.3 Å². The molecule has 0 bridgehead atoms. The van der Waals surface area contributed by atoms with Gasteiger partial charge in [0.25, 0.3) is 0 Å². The van der Waals surface area contributed by atoms with Crippen LogP contribution in [0.1, 0.15) is 25.0 Å². The van der Waals surface area contributed by atoms with Crippen LogP contribution in [0.5, 0.6) is 11.5 Å². The number of ether oxygens (including phenoxy) is 2. The van der Waals surface area contributed by atoms with Crippen LogP contribution in [0.2, 0.25) is 0 Å². The van der Waals surface area contributed by atoms with Crippen LogP contribution in [-0.4, -0.2) is 25.3 Å². The first kappa shape index (κ1) is 21.1. The molecule has 0 heterocycles. The lowest BCUT2D eigenvalue weighted by Gasteiger charge is -2.13. The second-order valence-electron chi connectivity index (χ2n) is 6.30. The van der Waals surface area contributed by atoms with Gasteiger partial charge in [0.05, 0.1) is 29.4 Å². The van der Waals surface area contributed by atoms with E-state index in [9.17, 15) is 4.79 Å². The van der Waals surface area contributed by atoms with Gasteiger partial charge in [-0.1, -0.05) is 42.5 Å². The van der Waals surface area contributed by atoms with Crippen molar-refractivity contribution in [2.45, 2.75) is 20.3 Å². The van der Waals surface area contributed by atoms with Crippen molar-refractivity contribution in [2.24, 2.45) is 5.10 Å². The largest absolute Gasteiger partial charge is 0.490 e. The molecule has 3 rings (SSSR count). The van der Waals surface area contributed by atoms with Crippen LogP contribution >= 0.6 is 22.6 Å². The van der Waals surface area contributed by atoms with E-state index in [4.69, 9.17) is 9.47 Å². The zero-order valence-electron chi connectivity index (χ0n) is 16.4. The number of hydrazone groups is 1. The van der Waals surface area contributed by atoms with Gasteiger partial charge in [0.15, 0.2) is 11.5 Å². The summed E-state index contributed by atoms with van der Waals surface area (Å²) in [5.41, 5.74) is 4.41. The van der Waals surface area contributed by atoms with Crippen molar-refractivity contribution in [2.75, 3.05) is 13.2 Å². The number of fused-ring (bicyclic) bond motifs is 1. The third kappa shape index (κ3) is 5.47. The van der Waals surface area contributed by atoms with Gasteiger partial charge in [-0.05, 0) is 70.5 Å². The molecule has 0 aliphatic heterocycles. The highest BCUT2D eigenvalue weighted by atomic mass is 127. The summed E-state index contributed by atoms with van der Waals surface area (Å²) in [5, 5.41) is 6.31. The average molecular weight is 502 g/mol.